The smallest absolute Gasteiger partial charge is 0.352 e. The molecule has 0 N–H and O–H groups in total. The van der Waals surface area contributed by atoms with E-state index in [1.807, 2.05) is 12.1 Å². The van der Waals surface area contributed by atoms with Crippen molar-refractivity contribution < 1.29 is 19.0 Å². The van der Waals surface area contributed by atoms with E-state index in [1.165, 1.54) is 10.9 Å². The summed E-state index contributed by atoms with van der Waals surface area (Å²) in [5.74, 6) is -0.135. The van der Waals surface area contributed by atoms with Gasteiger partial charge in [0, 0.05) is 16.5 Å². The maximum absolute atomic E-state index is 12.4. The lowest BCUT2D eigenvalue weighted by atomic mass is 10.1. The van der Waals surface area contributed by atoms with Crippen LogP contribution >= 0.6 is 23.2 Å². The van der Waals surface area contributed by atoms with Gasteiger partial charge in [0.25, 0.3) is 0 Å². The Morgan fingerprint density at radius 3 is 2.45 bits per heavy atom. The summed E-state index contributed by atoms with van der Waals surface area (Å²) in [4.78, 5) is 32.7. The molecule has 1 saturated heterocycles. The van der Waals surface area contributed by atoms with Gasteiger partial charge in [-0.1, -0.05) is 35.3 Å². The van der Waals surface area contributed by atoms with Gasteiger partial charge in [0.1, 0.15) is 31.1 Å². The van der Waals surface area contributed by atoms with Gasteiger partial charge < -0.3 is 14.2 Å². The monoisotopic (exact) mass is 489 g/mol. The number of hydrogen-bond acceptors (Lipinski definition) is 7. The van der Waals surface area contributed by atoms with Crippen LogP contribution in [-0.2, 0) is 20.8 Å². The van der Waals surface area contributed by atoms with Crippen LogP contribution in [0.1, 0.15) is 34.4 Å². The molecule has 172 valence electrons. The summed E-state index contributed by atoms with van der Waals surface area (Å²) >= 11 is 11.8. The minimum Gasteiger partial charge on any atom is -0.459 e. The molecule has 1 fully saturated rings. The summed E-state index contributed by atoms with van der Waals surface area (Å²) in [6, 6.07) is 13.7. The Bertz CT molecular complexity index is 1170. The standard InChI is InChI=1S/C23H21Cl2N3O5/c1-14-26-13-28(23(30)27-14)21-10-19(31-11-15-2-6-17(24)7-3-15)20(33-21)12-32-22(29)16-4-8-18(25)9-5-16/h2-9,13,19-21H,10-12H2,1H3. The molecule has 0 amide bonds. The Balaban J connectivity index is 1.46. The number of ether oxygens (including phenoxy) is 3. The van der Waals surface area contributed by atoms with Crippen LogP contribution in [0.15, 0.2) is 59.7 Å². The lowest BCUT2D eigenvalue weighted by Gasteiger charge is -2.19. The van der Waals surface area contributed by atoms with Crippen molar-refractivity contribution in [3.63, 3.8) is 0 Å². The predicted molar refractivity (Wildman–Crippen MR) is 121 cm³/mol. The SMILES string of the molecule is Cc1ncn(C2CC(OCc3ccc(Cl)cc3)C(COC(=O)c3ccc(Cl)cc3)O2)c(=O)n1. The van der Waals surface area contributed by atoms with Gasteiger partial charge in [-0.15, -0.1) is 0 Å². The lowest BCUT2D eigenvalue weighted by molar-refractivity contribution is -0.0709. The third-order valence-corrected chi connectivity index (χ3v) is 5.68. The number of hydrogen-bond donors (Lipinski definition) is 0. The van der Waals surface area contributed by atoms with Gasteiger partial charge in [-0.25, -0.2) is 14.6 Å². The summed E-state index contributed by atoms with van der Waals surface area (Å²) in [6.45, 7) is 1.89. The Morgan fingerprint density at radius 2 is 1.79 bits per heavy atom. The maximum Gasteiger partial charge on any atom is 0.352 e. The van der Waals surface area contributed by atoms with Crippen LogP contribution in [0.2, 0.25) is 10.0 Å². The zero-order valence-corrected chi connectivity index (χ0v) is 19.2. The van der Waals surface area contributed by atoms with Gasteiger partial charge in [0.15, 0.2) is 0 Å². The third kappa shape index (κ3) is 5.97. The highest BCUT2D eigenvalue weighted by atomic mass is 35.5. The van der Waals surface area contributed by atoms with Crippen LogP contribution in [-0.4, -0.2) is 39.3 Å². The normalized spacial score (nSPS) is 20.0. The molecule has 4 rings (SSSR count). The van der Waals surface area contributed by atoms with E-state index in [-0.39, 0.29) is 6.61 Å². The first-order valence-corrected chi connectivity index (χ1v) is 11.0. The highest BCUT2D eigenvalue weighted by Gasteiger charge is 2.38. The van der Waals surface area contributed by atoms with E-state index in [9.17, 15) is 9.59 Å². The number of carbonyl (C=O) groups is 1. The van der Waals surface area contributed by atoms with Gasteiger partial charge >= 0.3 is 11.7 Å². The molecule has 3 unspecified atom stereocenters. The van der Waals surface area contributed by atoms with Crippen molar-refractivity contribution in [2.24, 2.45) is 0 Å². The van der Waals surface area contributed by atoms with Gasteiger partial charge in [-0.05, 0) is 48.9 Å². The molecule has 0 bridgehead atoms. The molecule has 1 aliphatic heterocycles. The molecule has 33 heavy (non-hydrogen) atoms. The second kappa shape index (κ2) is 10.4. The Hall–Kier alpha value is -2.78. The maximum atomic E-state index is 12.4. The zero-order valence-electron chi connectivity index (χ0n) is 17.7. The topological polar surface area (TPSA) is 92.5 Å². The summed E-state index contributed by atoms with van der Waals surface area (Å²) in [5, 5.41) is 1.16. The van der Waals surface area contributed by atoms with E-state index in [4.69, 9.17) is 37.4 Å². The number of carbonyl (C=O) groups excluding carboxylic acids is 1. The highest BCUT2D eigenvalue weighted by molar-refractivity contribution is 6.30. The third-order valence-electron chi connectivity index (χ3n) is 5.17. The van der Waals surface area contributed by atoms with E-state index >= 15 is 0 Å². The van der Waals surface area contributed by atoms with E-state index in [2.05, 4.69) is 9.97 Å². The average Bonchev–Trinajstić information content (AvgIpc) is 3.20. The largest absolute Gasteiger partial charge is 0.459 e. The van der Waals surface area contributed by atoms with E-state index in [1.54, 1.807) is 43.3 Å². The van der Waals surface area contributed by atoms with E-state index in [0.717, 1.165) is 5.56 Å². The second-order valence-corrected chi connectivity index (χ2v) is 8.41. The summed E-state index contributed by atoms with van der Waals surface area (Å²) in [5.41, 5.74) is 0.828. The fourth-order valence-electron chi connectivity index (χ4n) is 3.43. The number of esters is 1. The minimum atomic E-state index is -0.646. The van der Waals surface area contributed by atoms with Crippen molar-refractivity contribution in [2.45, 2.75) is 38.4 Å². The molecule has 2 aromatic carbocycles. The van der Waals surface area contributed by atoms with E-state index < -0.39 is 30.1 Å². The van der Waals surface area contributed by atoms with Crippen LogP contribution in [0.25, 0.3) is 0 Å². The average molecular weight is 490 g/mol. The predicted octanol–water partition coefficient (Wildman–Crippen LogP) is 3.98. The molecular formula is C23H21Cl2N3O5. The summed E-state index contributed by atoms with van der Waals surface area (Å²) in [7, 11) is 0. The molecule has 0 saturated carbocycles. The molecule has 0 radical (unpaired) electrons. The molecule has 10 heteroatoms. The first kappa shape index (κ1) is 23.4. The van der Waals surface area contributed by atoms with Crippen molar-refractivity contribution in [3.05, 3.63) is 92.3 Å². The number of rotatable bonds is 7. The van der Waals surface area contributed by atoms with Crippen molar-refractivity contribution >= 4 is 29.2 Å². The lowest BCUT2D eigenvalue weighted by Crippen LogP contribution is -2.30. The molecule has 2 heterocycles. The van der Waals surface area contributed by atoms with Crippen LogP contribution in [0.4, 0.5) is 0 Å². The molecule has 0 spiro atoms. The fraction of sp³-hybridized carbons (Fsp3) is 0.304. The van der Waals surface area contributed by atoms with Crippen molar-refractivity contribution in [1.29, 1.82) is 0 Å². The van der Waals surface area contributed by atoms with Crippen LogP contribution in [0.3, 0.4) is 0 Å². The molecular weight excluding hydrogens is 469 g/mol. The van der Waals surface area contributed by atoms with Crippen LogP contribution in [0, 0.1) is 6.92 Å². The zero-order chi connectivity index (χ0) is 23.4. The minimum absolute atomic E-state index is 0.0509. The van der Waals surface area contributed by atoms with Gasteiger partial charge in [-0.3, -0.25) is 4.57 Å². The number of aromatic nitrogens is 3. The highest BCUT2D eigenvalue weighted by Crippen LogP contribution is 2.31. The molecule has 3 atom stereocenters. The van der Waals surface area contributed by atoms with Crippen molar-refractivity contribution in [3.8, 4) is 0 Å². The molecule has 3 aromatic rings. The molecule has 1 aliphatic rings. The molecule has 8 nitrogen and oxygen atoms in total. The van der Waals surface area contributed by atoms with Crippen LogP contribution < -0.4 is 5.69 Å². The first-order valence-electron chi connectivity index (χ1n) is 10.2. The Kier molecular flexibility index (Phi) is 7.39. The number of benzene rings is 2. The van der Waals surface area contributed by atoms with Gasteiger partial charge in [0.05, 0.1) is 18.3 Å². The van der Waals surface area contributed by atoms with E-state index in [0.29, 0.717) is 34.5 Å². The Labute approximate surface area is 200 Å². The Morgan fingerprint density at radius 1 is 1.12 bits per heavy atom. The quantitative estimate of drug-likeness (QED) is 0.463. The van der Waals surface area contributed by atoms with Gasteiger partial charge in [0.2, 0.25) is 0 Å². The van der Waals surface area contributed by atoms with Crippen LogP contribution in [0.5, 0.6) is 0 Å². The number of aryl methyl sites for hydroxylation is 1. The van der Waals surface area contributed by atoms with Gasteiger partial charge in [-0.2, -0.15) is 4.98 Å². The fourth-order valence-corrected chi connectivity index (χ4v) is 3.68. The summed E-state index contributed by atoms with van der Waals surface area (Å²) in [6.07, 6.45) is 0.0905. The number of nitrogens with zero attached hydrogens (tertiary/aromatic N) is 3. The molecule has 0 aliphatic carbocycles. The molecule has 1 aromatic heterocycles. The van der Waals surface area contributed by atoms with Crippen molar-refractivity contribution in [1.82, 2.24) is 14.5 Å². The second-order valence-electron chi connectivity index (χ2n) is 7.54. The van der Waals surface area contributed by atoms with Crippen molar-refractivity contribution in [2.75, 3.05) is 6.61 Å². The number of halogens is 2. The first-order chi connectivity index (χ1) is 15.9. The summed E-state index contributed by atoms with van der Waals surface area (Å²) < 4.78 is 18.9.